The lowest BCUT2D eigenvalue weighted by atomic mass is 10.1. The second-order valence-electron chi connectivity index (χ2n) is 4.29. The molecule has 0 aliphatic heterocycles. The molecule has 0 saturated carbocycles. The van der Waals surface area contributed by atoms with E-state index >= 15 is 0 Å². The number of anilines is 1. The highest BCUT2D eigenvalue weighted by atomic mass is 16.4. The molecule has 6 heteroatoms. The van der Waals surface area contributed by atoms with Crippen LogP contribution in [0, 0.1) is 0 Å². The van der Waals surface area contributed by atoms with E-state index in [4.69, 9.17) is 4.42 Å². The predicted octanol–water partition coefficient (Wildman–Crippen LogP) is 2.70. The topological polar surface area (TPSA) is 76.7 Å². The Balaban J connectivity index is 1.80. The first kappa shape index (κ1) is 12.3. The summed E-state index contributed by atoms with van der Waals surface area (Å²) < 4.78 is 5.12. The van der Waals surface area contributed by atoms with Gasteiger partial charge in [0.05, 0.1) is 6.04 Å². The molecule has 100 valence electrons. The Labute approximate surface area is 115 Å². The summed E-state index contributed by atoms with van der Waals surface area (Å²) in [7, 11) is 0. The minimum Gasteiger partial charge on any atom is -0.422 e. The van der Waals surface area contributed by atoms with Gasteiger partial charge in [0.15, 0.2) is 0 Å². The molecule has 0 fully saturated rings. The highest BCUT2D eigenvalue weighted by molar-refractivity contribution is 5.48. The molecule has 0 aliphatic carbocycles. The van der Waals surface area contributed by atoms with Crippen molar-refractivity contribution in [1.29, 1.82) is 0 Å². The summed E-state index contributed by atoms with van der Waals surface area (Å²) in [5.74, 6) is 0.903. The van der Waals surface area contributed by atoms with Crippen LogP contribution in [-0.2, 0) is 0 Å². The minimum absolute atomic E-state index is 0.106. The van der Waals surface area contributed by atoms with Crippen molar-refractivity contribution in [1.82, 2.24) is 20.2 Å². The van der Waals surface area contributed by atoms with Gasteiger partial charge in [-0.2, -0.15) is 0 Å². The van der Waals surface area contributed by atoms with Crippen molar-refractivity contribution in [2.45, 2.75) is 13.0 Å². The van der Waals surface area contributed by atoms with E-state index in [0.717, 1.165) is 0 Å². The summed E-state index contributed by atoms with van der Waals surface area (Å²) in [6, 6.07) is 11.9. The number of nitrogens with zero attached hydrogens (tertiary/aromatic N) is 4. The van der Waals surface area contributed by atoms with E-state index in [1.807, 2.05) is 18.2 Å². The van der Waals surface area contributed by atoms with E-state index in [0.29, 0.717) is 17.5 Å². The molecule has 0 aliphatic rings. The van der Waals surface area contributed by atoms with Crippen LogP contribution in [0.4, 0.5) is 5.95 Å². The molecule has 1 aromatic carbocycles. The third-order valence-electron chi connectivity index (χ3n) is 2.88. The van der Waals surface area contributed by atoms with Crippen molar-refractivity contribution >= 4 is 5.95 Å². The molecular formula is C14H13N5O. The van der Waals surface area contributed by atoms with Crippen molar-refractivity contribution in [3.63, 3.8) is 0 Å². The zero-order chi connectivity index (χ0) is 13.8. The first-order valence-electron chi connectivity index (χ1n) is 6.24. The van der Waals surface area contributed by atoms with Crippen LogP contribution in [0.1, 0.15) is 18.5 Å². The Morgan fingerprint density at radius 1 is 1.15 bits per heavy atom. The van der Waals surface area contributed by atoms with E-state index in [1.165, 1.54) is 12.0 Å². The van der Waals surface area contributed by atoms with Gasteiger partial charge in [-0.1, -0.05) is 30.3 Å². The van der Waals surface area contributed by atoms with Crippen molar-refractivity contribution in [2.75, 3.05) is 5.32 Å². The number of hydrogen-bond donors (Lipinski definition) is 1. The van der Waals surface area contributed by atoms with Gasteiger partial charge in [-0.05, 0) is 18.6 Å². The average molecular weight is 267 g/mol. The lowest BCUT2D eigenvalue weighted by molar-refractivity contribution is 0.566. The number of benzene rings is 1. The molecule has 3 aromatic rings. The Morgan fingerprint density at radius 3 is 2.75 bits per heavy atom. The van der Waals surface area contributed by atoms with Crippen molar-refractivity contribution < 1.29 is 4.42 Å². The standard InChI is InChI=1S/C14H13N5O/c1-10(11-5-3-2-4-6-11)17-14-15-8-7-12(18-14)13-19-16-9-20-13/h2-10H,1H3,(H,15,17,18)/t10-/m1/s1. The largest absolute Gasteiger partial charge is 0.422 e. The van der Waals surface area contributed by atoms with Crippen LogP contribution in [-0.4, -0.2) is 20.2 Å². The van der Waals surface area contributed by atoms with E-state index in [9.17, 15) is 0 Å². The molecule has 0 amide bonds. The van der Waals surface area contributed by atoms with E-state index < -0.39 is 0 Å². The van der Waals surface area contributed by atoms with Gasteiger partial charge >= 0.3 is 0 Å². The van der Waals surface area contributed by atoms with Gasteiger partial charge in [0.2, 0.25) is 12.3 Å². The highest BCUT2D eigenvalue weighted by Gasteiger charge is 2.09. The number of rotatable bonds is 4. The number of aromatic nitrogens is 4. The van der Waals surface area contributed by atoms with Crippen molar-refractivity contribution in [3.05, 3.63) is 54.6 Å². The van der Waals surface area contributed by atoms with Crippen molar-refractivity contribution in [2.24, 2.45) is 0 Å². The molecule has 0 bridgehead atoms. The zero-order valence-electron chi connectivity index (χ0n) is 10.9. The molecule has 3 rings (SSSR count). The molecule has 0 spiro atoms. The number of nitrogens with one attached hydrogen (secondary N) is 1. The van der Waals surface area contributed by atoms with Gasteiger partial charge < -0.3 is 9.73 Å². The van der Waals surface area contributed by atoms with Gasteiger partial charge in [0, 0.05) is 6.20 Å². The smallest absolute Gasteiger partial charge is 0.266 e. The van der Waals surface area contributed by atoms with Gasteiger partial charge in [-0.15, -0.1) is 10.2 Å². The van der Waals surface area contributed by atoms with Gasteiger partial charge in [-0.3, -0.25) is 0 Å². The SMILES string of the molecule is C[C@@H](Nc1nccc(-c2nnco2)n1)c1ccccc1. The Bertz CT molecular complexity index is 669. The maximum atomic E-state index is 5.12. The quantitative estimate of drug-likeness (QED) is 0.783. The van der Waals surface area contributed by atoms with Crippen LogP contribution in [0.2, 0.25) is 0 Å². The lowest BCUT2D eigenvalue weighted by Gasteiger charge is -2.14. The van der Waals surface area contributed by atoms with Crippen LogP contribution < -0.4 is 5.32 Å². The van der Waals surface area contributed by atoms with Crippen LogP contribution in [0.5, 0.6) is 0 Å². The maximum Gasteiger partial charge on any atom is 0.266 e. The summed E-state index contributed by atoms with van der Waals surface area (Å²) in [4.78, 5) is 8.56. The monoisotopic (exact) mass is 267 g/mol. The zero-order valence-corrected chi connectivity index (χ0v) is 10.9. The second kappa shape index (κ2) is 5.48. The minimum atomic E-state index is 0.106. The second-order valence-corrected chi connectivity index (χ2v) is 4.29. The van der Waals surface area contributed by atoms with Crippen LogP contribution in [0.15, 0.2) is 53.4 Å². The molecule has 1 atom stereocenters. The third kappa shape index (κ3) is 2.64. The Hall–Kier alpha value is -2.76. The lowest BCUT2D eigenvalue weighted by Crippen LogP contribution is -2.09. The van der Waals surface area contributed by atoms with Gasteiger partial charge in [0.1, 0.15) is 5.69 Å². The van der Waals surface area contributed by atoms with E-state index in [1.54, 1.807) is 12.3 Å². The normalized spacial score (nSPS) is 12.1. The summed E-state index contributed by atoms with van der Waals surface area (Å²) >= 11 is 0. The molecule has 0 saturated heterocycles. The maximum absolute atomic E-state index is 5.12. The summed E-state index contributed by atoms with van der Waals surface area (Å²) in [6.45, 7) is 2.05. The molecule has 0 radical (unpaired) electrons. The van der Waals surface area contributed by atoms with Crippen LogP contribution in [0.3, 0.4) is 0 Å². The third-order valence-corrected chi connectivity index (χ3v) is 2.88. The molecule has 6 nitrogen and oxygen atoms in total. The number of hydrogen-bond acceptors (Lipinski definition) is 6. The predicted molar refractivity (Wildman–Crippen MR) is 73.8 cm³/mol. The fourth-order valence-corrected chi connectivity index (χ4v) is 1.85. The van der Waals surface area contributed by atoms with Gasteiger partial charge in [0.25, 0.3) is 5.89 Å². The van der Waals surface area contributed by atoms with E-state index in [-0.39, 0.29) is 6.04 Å². The van der Waals surface area contributed by atoms with Gasteiger partial charge in [-0.25, -0.2) is 9.97 Å². The first-order valence-corrected chi connectivity index (χ1v) is 6.24. The Kier molecular flexibility index (Phi) is 3.36. The van der Waals surface area contributed by atoms with Crippen molar-refractivity contribution in [3.8, 4) is 11.6 Å². The molecule has 20 heavy (non-hydrogen) atoms. The summed E-state index contributed by atoms with van der Waals surface area (Å²) in [5, 5.41) is 10.7. The molecule has 2 heterocycles. The molecular weight excluding hydrogens is 254 g/mol. The van der Waals surface area contributed by atoms with Crippen LogP contribution >= 0.6 is 0 Å². The first-order chi connectivity index (χ1) is 9.83. The van der Waals surface area contributed by atoms with E-state index in [2.05, 4.69) is 44.5 Å². The fraction of sp³-hybridized carbons (Fsp3) is 0.143. The molecule has 2 aromatic heterocycles. The highest BCUT2D eigenvalue weighted by Crippen LogP contribution is 2.18. The Morgan fingerprint density at radius 2 is 2.00 bits per heavy atom. The average Bonchev–Trinajstić information content (AvgIpc) is 3.03. The van der Waals surface area contributed by atoms with Crippen LogP contribution in [0.25, 0.3) is 11.6 Å². The molecule has 0 unspecified atom stereocenters. The fourth-order valence-electron chi connectivity index (χ4n) is 1.85. The summed E-state index contributed by atoms with van der Waals surface area (Å²) in [5.41, 5.74) is 1.76. The summed E-state index contributed by atoms with van der Waals surface area (Å²) in [6.07, 6.45) is 2.93. The molecule has 1 N–H and O–H groups in total.